The molecule has 104 valence electrons. The van der Waals surface area contributed by atoms with E-state index in [0.29, 0.717) is 6.42 Å². The first-order chi connectivity index (χ1) is 8.40. The second-order valence-electron chi connectivity index (χ2n) is 5.54. The van der Waals surface area contributed by atoms with Crippen molar-refractivity contribution >= 4 is 11.8 Å². The number of amides is 2. The highest BCUT2D eigenvalue weighted by Gasteiger charge is 2.28. The second kappa shape index (κ2) is 6.73. The highest BCUT2D eigenvalue weighted by molar-refractivity contribution is 5.79. The summed E-state index contributed by atoms with van der Waals surface area (Å²) in [7, 11) is 3.56. The standard InChI is InChI=1S/C13H25N3O2/c1-9(14)7-12(17)15-11-6-4-5-10(8-11)13(18)16(2)3/h9-11H,4-8,14H2,1-3H3,(H,15,17). The average molecular weight is 255 g/mol. The van der Waals surface area contributed by atoms with Crippen LogP contribution in [0.4, 0.5) is 0 Å². The van der Waals surface area contributed by atoms with E-state index in [2.05, 4.69) is 5.32 Å². The molecular weight excluding hydrogens is 230 g/mol. The monoisotopic (exact) mass is 255 g/mol. The summed E-state index contributed by atoms with van der Waals surface area (Å²) in [4.78, 5) is 25.2. The number of carbonyl (C=O) groups is 2. The van der Waals surface area contributed by atoms with Gasteiger partial charge in [-0.05, 0) is 26.2 Å². The van der Waals surface area contributed by atoms with Gasteiger partial charge in [-0.25, -0.2) is 0 Å². The maximum atomic E-state index is 11.9. The predicted molar refractivity (Wildman–Crippen MR) is 70.8 cm³/mol. The Morgan fingerprint density at radius 1 is 1.39 bits per heavy atom. The van der Waals surface area contributed by atoms with Crippen molar-refractivity contribution in [2.75, 3.05) is 14.1 Å². The van der Waals surface area contributed by atoms with Crippen molar-refractivity contribution in [1.29, 1.82) is 0 Å². The summed E-state index contributed by atoms with van der Waals surface area (Å²) in [6, 6.07) is 0.00620. The zero-order chi connectivity index (χ0) is 13.7. The van der Waals surface area contributed by atoms with E-state index in [1.807, 2.05) is 6.92 Å². The zero-order valence-corrected chi connectivity index (χ0v) is 11.6. The highest BCUT2D eigenvalue weighted by atomic mass is 16.2. The summed E-state index contributed by atoms with van der Waals surface area (Å²) in [6.45, 7) is 1.82. The summed E-state index contributed by atoms with van der Waals surface area (Å²) in [6.07, 6.45) is 3.98. The summed E-state index contributed by atoms with van der Waals surface area (Å²) in [5.41, 5.74) is 5.59. The van der Waals surface area contributed by atoms with Crippen LogP contribution in [0, 0.1) is 5.92 Å². The van der Waals surface area contributed by atoms with Crippen LogP contribution < -0.4 is 11.1 Å². The van der Waals surface area contributed by atoms with Crippen LogP contribution in [-0.4, -0.2) is 42.9 Å². The second-order valence-corrected chi connectivity index (χ2v) is 5.54. The summed E-state index contributed by atoms with van der Waals surface area (Å²) >= 11 is 0. The van der Waals surface area contributed by atoms with E-state index in [-0.39, 0.29) is 29.8 Å². The van der Waals surface area contributed by atoms with Gasteiger partial charge in [0.05, 0.1) is 0 Å². The molecule has 1 fully saturated rings. The maximum absolute atomic E-state index is 11.9. The Kier molecular flexibility index (Phi) is 5.59. The normalized spacial score (nSPS) is 25.3. The van der Waals surface area contributed by atoms with Gasteiger partial charge in [0.25, 0.3) is 0 Å². The van der Waals surface area contributed by atoms with Crippen LogP contribution in [0.1, 0.15) is 39.0 Å². The Labute approximate surface area is 109 Å². The van der Waals surface area contributed by atoms with Crippen LogP contribution in [0.5, 0.6) is 0 Å². The van der Waals surface area contributed by atoms with Gasteiger partial charge in [0.15, 0.2) is 0 Å². The number of hydrogen-bond acceptors (Lipinski definition) is 3. The van der Waals surface area contributed by atoms with Crippen LogP contribution in [0.2, 0.25) is 0 Å². The molecule has 0 aromatic rings. The molecule has 3 atom stereocenters. The molecular formula is C13H25N3O2. The van der Waals surface area contributed by atoms with Gasteiger partial charge in [0, 0.05) is 38.5 Å². The summed E-state index contributed by atoms with van der Waals surface area (Å²) < 4.78 is 0. The predicted octanol–water partition coefficient (Wildman–Crippen LogP) is 0.487. The van der Waals surface area contributed by atoms with E-state index in [1.165, 1.54) is 0 Å². The third kappa shape index (κ3) is 4.64. The van der Waals surface area contributed by atoms with Crippen molar-refractivity contribution in [2.24, 2.45) is 11.7 Å². The molecule has 0 bridgehead atoms. The maximum Gasteiger partial charge on any atom is 0.225 e. The fourth-order valence-electron chi connectivity index (χ4n) is 2.49. The fraction of sp³-hybridized carbons (Fsp3) is 0.846. The first-order valence-electron chi connectivity index (χ1n) is 6.66. The number of carbonyl (C=O) groups excluding carboxylic acids is 2. The van der Waals surface area contributed by atoms with Crippen molar-refractivity contribution in [3.05, 3.63) is 0 Å². The van der Waals surface area contributed by atoms with Crippen LogP contribution in [0.15, 0.2) is 0 Å². The van der Waals surface area contributed by atoms with Gasteiger partial charge in [-0.2, -0.15) is 0 Å². The van der Waals surface area contributed by atoms with Gasteiger partial charge in [-0.1, -0.05) is 6.42 Å². The quantitative estimate of drug-likeness (QED) is 0.767. The molecule has 1 saturated carbocycles. The van der Waals surface area contributed by atoms with Crippen LogP contribution in [0.25, 0.3) is 0 Å². The van der Waals surface area contributed by atoms with Crippen molar-refractivity contribution in [3.8, 4) is 0 Å². The van der Waals surface area contributed by atoms with E-state index in [9.17, 15) is 9.59 Å². The smallest absolute Gasteiger partial charge is 0.225 e. The van der Waals surface area contributed by atoms with Crippen molar-refractivity contribution in [1.82, 2.24) is 10.2 Å². The Bertz CT molecular complexity index is 303. The number of rotatable bonds is 4. The molecule has 1 aliphatic carbocycles. The first-order valence-corrected chi connectivity index (χ1v) is 6.66. The van der Waals surface area contributed by atoms with Crippen molar-refractivity contribution in [2.45, 2.75) is 51.1 Å². The Morgan fingerprint density at radius 3 is 2.61 bits per heavy atom. The number of hydrogen-bond donors (Lipinski definition) is 2. The van der Waals surface area contributed by atoms with E-state index in [1.54, 1.807) is 19.0 Å². The van der Waals surface area contributed by atoms with Gasteiger partial charge in [0.2, 0.25) is 11.8 Å². The van der Waals surface area contributed by atoms with E-state index in [4.69, 9.17) is 5.73 Å². The third-order valence-electron chi connectivity index (χ3n) is 3.34. The molecule has 0 aromatic heterocycles. The molecule has 2 amide bonds. The number of nitrogens with one attached hydrogen (secondary N) is 1. The number of nitrogens with zero attached hydrogens (tertiary/aromatic N) is 1. The highest BCUT2D eigenvalue weighted by Crippen LogP contribution is 2.25. The molecule has 1 aliphatic rings. The van der Waals surface area contributed by atoms with Crippen LogP contribution >= 0.6 is 0 Å². The average Bonchev–Trinajstić information content (AvgIpc) is 2.26. The van der Waals surface area contributed by atoms with Crippen molar-refractivity contribution in [3.63, 3.8) is 0 Å². The fourth-order valence-corrected chi connectivity index (χ4v) is 2.49. The lowest BCUT2D eigenvalue weighted by molar-refractivity contribution is -0.134. The lowest BCUT2D eigenvalue weighted by Crippen LogP contribution is -2.43. The molecule has 0 spiro atoms. The molecule has 1 rings (SSSR count). The third-order valence-corrected chi connectivity index (χ3v) is 3.34. The molecule has 3 unspecified atom stereocenters. The molecule has 18 heavy (non-hydrogen) atoms. The van der Waals surface area contributed by atoms with Gasteiger partial charge in [0.1, 0.15) is 0 Å². The van der Waals surface area contributed by atoms with E-state index in [0.717, 1.165) is 25.7 Å². The zero-order valence-electron chi connectivity index (χ0n) is 11.6. The number of nitrogens with two attached hydrogens (primary N) is 1. The van der Waals surface area contributed by atoms with Gasteiger partial charge in [-0.3, -0.25) is 9.59 Å². The molecule has 5 nitrogen and oxygen atoms in total. The van der Waals surface area contributed by atoms with Crippen molar-refractivity contribution < 1.29 is 9.59 Å². The molecule has 0 heterocycles. The molecule has 0 saturated heterocycles. The van der Waals surface area contributed by atoms with Crippen LogP contribution in [0.3, 0.4) is 0 Å². The molecule has 3 N–H and O–H groups in total. The van der Waals surface area contributed by atoms with E-state index < -0.39 is 0 Å². The SMILES string of the molecule is CC(N)CC(=O)NC1CCCC(C(=O)N(C)C)C1. The Balaban J connectivity index is 2.44. The minimum atomic E-state index is -0.118. The minimum absolute atomic E-state index is 0.00653. The lowest BCUT2D eigenvalue weighted by Gasteiger charge is -2.30. The van der Waals surface area contributed by atoms with Gasteiger partial charge >= 0.3 is 0 Å². The van der Waals surface area contributed by atoms with Gasteiger partial charge < -0.3 is 16.0 Å². The minimum Gasteiger partial charge on any atom is -0.353 e. The Hall–Kier alpha value is -1.10. The molecule has 0 aliphatic heterocycles. The molecule has 0 radical (unpaired) electrons. The van der Waals surface area contributed by atoms with E-state index >= 15 is 0 Å². The molecule has 5 heteroatoms. The first kappa shape index (κ1) is 15.0. The lowest BCUT2D eigenvalue weighted by atomic mass is 9.85. The Morgan fingerprint density at radius 2 is 2.06 bits per heavy atom. The van der Waals surface area contributed by atoms with Gasteiger partial charge in [-0.15, -0.1) is 0 Å². The topological polar surface area (TPSA) is 75.4 Å². The van der Waals surface area contributed by atoms with Crippen LogP contribution in [-0.2, 0) is 9.59 Å². The summed E-state index contributed by atoms with van der Waals surface area (Å²) in [5, 5.41) is 2.98. The largest absolute Gasteiger partial charge is 0.353 e. The summed E-state index contributed by atoms with van der Waals surface area (Å²) in [5.74, 6) is 0.212. The molecule has 0 aromatic carbocycles.